The highest BCUT2D eigenvalue weighted by atomic mass is 16.5. The molecule has 0 bridgehead atoms. The van der Waals surface area contributed by atoms with Gasteiger partial charge >= 0.3 is 0 Å². The molecule has 4 nitrogen and oxygen atoms in total. The molecule has 0 N–H and O–H groups in total. The molecule has 2 heterocycles. The van der Waals surface area contributed by atoms with E-state index in [1.165, 1.54) is 22.4 Å². The normalized spacial score (nSPS) is 14.7. The number of aryl methyl sites for hydroxylation is 1. The summed E-state index contributed by atoms with van der Waals surface area (Å²) in [5.41, 5.74) is 7.17. The van der Waals surface area contributed by atoms with E-state index in [9.17, 15) is 0 Å². The third-order valence-electron chi connectivity index (χ3n) is 5.11. The molecule has 1 aliphatic rings. The molecule has 0 saturated carbocycles. The van der Waals surface area contributed by atoms with Gasteiger partial charge in [0.1, 0.15) is 0 Å². The van der Waals surface area contributed by atoms with E-state index in [2.05, 4.69) is 80.4 Å². The fourth-order valence-electron chi connectivity index (χ4n) is 3.61. The summed E-state index contributed by atoms with van der Waals surface area (Å²) in [6.45, 7) is 10.1. The topological polar surface area (TPSA) is 30.3 Å². The SMILES string of the molecule is Cc1cccc(-n2cc(-c3ccc(N4CCOCC4)cc3)c(C(C)C)n2)c1. The molecular formula is C23H27N3O. The Balaban J connectivity index is 1.68. The Morgan fingerprint density at radius 2 is 1.70 bits per heavy atom. The van der Waals surface area contributed by atoms with Crippen LogP contribution in [0.25, 0.3) is 16.8 Å². The van der Waals surface area contributed by atoms with Gasteiger partial charge in [-0.15, -0.1) is 0 Å². The van der Waals surface area contributed by atoms with E-state index in [4.69, 9.17) is 9.84 Å². The summed E-state index contributed by atoms with van der Waals surface area (Å²) in [6, 6.07) is 17.3. The van der Waals surface area contributed by atoms with Crippen LogP contribution < -0.4 is 4.90 Å². The van der Waals surface area contributed by atoms with Crippen LogP contribution in [0, 0.1) is 6.92 Å². The molecule has 0 radical (unpaired) electrons. The van der Waals surface area contributed by atoms with Crippen LogP contribution in [0.3, 0.4) is 0 Å². The van der Waals surface area contributed by atoms with Gasteiger partial charge in [0.2, 0.25) is 0 Å². The van der Waals surface area contributed by atoms with Gasteiger partial charge in [-0.25, -0.2) is 4.68 Å². The lowest BCUT2D eigenvalue weighted by atomic mass is 10.00. The quantitative estimate of drug-likeness (QED) is 0.668. The minimum absolute atomic E-state index is 0.366. The predicted molar refractivity (Wildman–Crippen MR) is 111 cm³/mol. The second kappa shape index (κ2) is 7.57. The molecule has 0 spiro atoms. The smallest absolute Gasteiger partial charge is 0.0732 e. The van der Waals surface area contributed by atoms with Crippen LogP contribution in [0.15, 0.2) is 54.7 Å². The number of morpholine rings is 1. The summed E-state index contributed by atoms with van der Waals surface area (Å²) < 4.78 is 7.46. The molecule has 0 unspecified atom stereocenters. The van der Waals surface area contributed by atoms with Gasteiger partial charge in [0.15, 0.2) is 0 Å². The minimum atomic E-state index is 0.366. The largest absolute Gasteiger partial charge is 0.378 e. The monoisotopic (exact) mass is 361 g/mol. The Morgan fingerprint density at radius 3 is 2.37 bits per heavy atom. The lowest BCUT2D eigenvalue weighted by molar-refractivity contribution is 0.122. The number of rotatable bonds is 4. The van der Waals surface area contributed by atoms with Crippen LogP contribution in [0.2, 0.25) is 0 Å². The van der Waals surface area contributed by atoms with E-state index in [0.29, 0.717) is 5.92 Å². The zero-order valence-electron chi connectivity index (χ0n) is 16.4. The van der Waals surface area contributed by atoms with Crippen molar-refractivity contribution in [3.8, 4) is 16.8 Å². The number of aromatic nitrogens is 2. The molecule has 0 aliphatic carbocycles. The summed E-state index contributed by atoms with van der Waals surface area (Å²) in [7, 11) is 0. The Morgan fingerprint density at radius 1 is 0.963 bits per heavy atom. The predicted octanol–water partition coefficient (Wildman–Crippen LogP) is 4.81. The Hall–Kier alpha value is -2.59. The molecule has 1 aliphatic heterocycles. The summed E-state index contributed by atoms with van der Waals surface area (Å²) in [4.78, 5) is 2.38. The maximum absolute atomic E-state index is 5.46. The maximum atomic E-state index is 5.46. The van der Waals surface area contributed by atoms with Gasteiger partial charge in [-0.1, -0.05) is 38.1 Å². The molecule has 4 heteroatoms. The second-order valence-corrected chi connectivity index (χ2v) is 7.51. The molecule has 1 aromatic heterocycles. The average molecular weight is 361 g/mol. The first-order chi connectivity index (χ1) is 13.1. The van der Waals surface area contributed by atoms with Gasteiger partial charge in [-0.2, -0.15) is 5.10 Å². The first kappa shape index (κ1) is 17.8. The lowest BCUT2D eigenvalue weighted by Gasteiger charge is -2.28. The van der Waals surface area contributed by atoms with Crippen LogP contribution in [0.1, 0.15) is 31.0 Å². The summed E-state index contributed by atoms with van der Waals surface area (Å²) in [6.07, 6.45) is 2.16. The van der Waals surface area contributed by atoms with Crippen LogP contribution in [0.5, 0.6) is 0 Å². The third kappa shape index (κ3) is 3.76. The average Bonchev–Trinajstić information content (AvgIpc) is 3.15. The fraction of sp³-hybridized carbons (Fsp3) is 0.348. The molecule has 27 heavy (non-hydrogen) atoms. The fourth-order valence-corrected chi connectivity index (χ4v) is 3.61. The van der Waals surface area contributed by atoms with E-state index in [-0.39, 0.29) is 0 Å². The Bertz CT molecular complexity index is 906. The summed E-state index contributed by atoms with van der Waals surface area (Å²) >= 11 is 0. The van der Waals surface area contributed by atoms with Crippen LogP contribution >= 0.6 is 0 Å². The van der Waals surface area contributed by atoms with Gasteiger partial charge in [-0.3, -0.25) is 0 Å². The lowest BCUT2D eigenvalue weighted by Crippen LogP contribution is -2.36. The van der Waals surface area contributed by atoms with Gasteiger partial charge < -0.3 is 9.64 Å². The Kier molecular flexibility index (Phi) is 4.99. The zero-order chi connectivity index (χ0) is 18.8. The Labute approximate surface area is 161 Å². The second-order valence-electron chi connectivity index (χ2n) is 7.51. The molecule has 1 fully saturated rings. The van der Waals surface area contributed by atoms with Crippen molar-refractivity contribution < 1.29 is 4.74 Å². The minimum Gasteiger partial charge on any atom is -0.378 e. The van der Waals surface area contributed by atoms with Crippen molar-refractivity contribution in [2.24, 2.45) is 0 Å². The van der Waals surface area contributed by atoms with Crippen molar-refractivity contribution in [3.05, 3.63) is 66.0 Å². The molecule has 3 aromatic rings. The highest BCUT2D eigenvalue weighted by Gasteiger charge is 2.16. The molecular weight excluding hydrogens is 334 g/mol. The molecule has 1 saturated heterocycles. The molecule has 2 aromatic carbocycles. The van der Waals surface area contributed by atoms with Crippen molar-refractivity contribution >= 4 is 5.69 Å². The van der Waals surface area contributed by atoms with E-state index in [1.54, 1.807) is 0 Å². The first-order valence-electron chi connectivity index (χ1n) is 9.71. The highest BCUT2D eigenvalue weighted by Crippen LogP contribution is 2.31. The van der Waals surface area contributed by atoms with E-state index >= 15 is 0 Å². The molecule has 4 rings (SSSR count). The van der Waals surface area contributed by atoms with Gasteiger partial charge in [-0.05, 0) is 48.2 Å². The number of hydrogen-bond acceptors (Lipinski definition) is 3. The number of anilines is 1. The van der Waals surface area contributed by atoms with Crippen molar-refractivity contribution in [1.82, 2.24) is 9.78 Å². The summed E-state index contributed by atoms with van der Waals surface area (Å²) in [5, 5.41) is 4.90. The summed E-state index contributed by atoms with van der Waals surface area (Å²) in [5.74, 6) is 0.366. The van der Waals surface area contributed by atoms with Crippen molar-refractivity contribution in [1.29, 1.82) is 0 Å². The zero-order valence-corrected chi connectivity index (χ0v) is 16.4. The van der Waals surface area contributed by atoms with E-state index in [0.717, 1.165) is 37.7 Å². The number of hydrogen-bond donors (Lipinski definition) is 0. The molecule has 140 valence electrons. The highest BCUT2D eigenvalue weighted by molar-refractivity contribution is 5.69. The van der Waals surface area contributed by atoms with Crippen molar-refractivity contribution in [2.75, 3.05) is 31.2 Å². The number of ether oxygens (including phenoxy) is 1. The van der Waals surface area contributed by atoms with Crippen molar-refractivity contribution in [2.45, 2.75) is 26.7 Å². The number of benzene rings is 2. The number of nitrogens with zero attached hydrogens (tertiary/aromatic N) is 3. The van der Waals surface area contributed by atoms with Crippen molar-refractivity contribution in [3.63, 3.8) is 0 Å². The van der Waals surface area contributed by atoms with E-state index in [1.807, 2.05) is 4.68 Å². The molecule has 0 amide bonds. The third-order valence-corrected chi connectivity index (χ3v) is 5.11. The molecule has 0 atom stereocenters. The first-order valence-corrected chi connectivity index (χ1v) is 9.71. The van der Waals surface area contributed by atoms with Crippen LogP contribution in [-0.2, 0) is 4.74 Å². The van der Waals surface area contributed by atoms with Gasteiger partial charge in [0.05, 0.1) is 24.6 Å². The van der Waals surface area contributed by atoms with Gasteiger partial charge in [0, 0.05) is 30.5 Å². The van der Waals surface area contributed by atoms with E-state index < -0.39 is 0 Å². The maximum Gasteiger partial charge on any atom is 0.0732 e. The van der Waals surface area contributed by atoms with Gasteiger partial charge in [0.25, 0.3) is 0 Å². The van der Waals surface area contributed by atoms with Crippen LogP contribution in [-0.4, -0.2) is 36.1 Å². The van der Waals surface area contributed by atoms with Crippen LogP contribution in [0.4, 0.5) is 5.69 Å². The standard InChI is InChI=1S/C23H27N3O/c1-17(2)23-22(16-26(24-23)21-6-4-5-18(3)15-21)19-7-9-20(10-8-19)25-11-13-27-14-12-25/h4-10,15-17H,11-14H2,1-3H3.